The summed E-state index contributed by atoms with van der Waals surface area (Å²) in [6, 6.07) is 5.67. The SMILES string of the molecule is NC1COCC12CCN(c1cnc(Sc3cccc(Cl)c3Cl)c3ncnn13)CC2. The maximum Gasteiger partial charge on any atom is 0.190 e. The number of hydrogen-bond donors (Lipinski definition) is 1. The lowest BCUT2D eigenvalue weighted by molar-refractivity contribution is 0.131. The molecular weight excluding hydrogens is 431 g/mol. The van der Waals surface area contributed by atoms with E-state index in [9.17, 15) is 0 Å². The number of fused-ring (bicyclic) bond motifs is 1. The van der Waals surface area contributed by atoms with Crippen LogP contribution < -0.4 is 10.6 Å². The Bertz CT molecular complexity index is 1050. The summed E-state index contributed by atoms with van der Waals surface area (Å²) in [6.07, 6.45) is 5.40. The average Bonchev–Trinajstić information content (AvgIpc) is 3.35. The van der Waals surface area contributed by atoms with Crippen molar-refractivity contribution in [3.05, 3.63) is 40.8 Å². The average molecular weight is 451 g/mol. The summed E-state index contributed by atoms with van der Waals surface area (Å²) in [6.45, 7) is 3.20. The second kappa shape index (κ2) is 7.59. The Morgan fingerprint density at radius 3 is 2.79 bits per heavy atom. The van der Waals surface area contributed by atoms with E-state index >= 15 is 0 Å². The van der Waals surface area contributed by atoms with Crippen LogP contribution in [0, 0.1) is 5.41 Å². The van der Waals surface area contributed by atoms with Crippen molar-refractivity contribution in [1.29, 1.82) is 0 Å². The van der Waals surface area contributed by atoms with E-state index in [0.29, 0.717) is 22.3 Å². The maximum absolute atomic E-state index is 6.34. The number of halogens is 2. The molecule has 10 heteroatoms. The number of nitrogens with zero attached hydrogens (tertiary/aromatic N) is 5. The standard InChI is InChI=1S/C19H20Cl2N6OS/c20-12-2-1-3-13(16(12)21)29-18-17-24-11-25-27(17)15(8-23-18)26-6-4-19(5-7-26)10-28-9-14(19)22/h1-3,8,11,14H,4-7,9-10,22H2. The van der Waals surface area contributed by atoms with Gasteiger partial charge in [0.15, 0.2) is 11.5 Å². The van der Waals surface area contributed by atoms with Crippen LogP contribution in [0.15, 0.2) is 40.6 Å². The number of anilines is 1. The van der Waals surface area contributed by atoms with Gasteiger partial charge in [-0.15, -0.1) is 0 Å². The zero-order valence-corrected chi connectivity index (χ0v) is 17.9. The lowest BCUT2D eigenvalue weighted by Gasteiger charge is -2.41. The Morgan fingerprint density at radius 1 is 1.21 bits per heavy atom. The van der Waals surface area contributed by atoms with E-state index in [0.717, 1.165) is 48.3 Å². The Hall–Kier alpha value is -1.58. The fourth-order valence-electron chi connectivity index (χ4n) is 4.11. The van der Waals surface area contributed by atoms with E-state index in [2.05, 4.69) is 20.0 Å². The zero-order chi connectivity index (χ0) is 20.0. The minimum Gasteiger partial charge on any atom is -0.379 e. The quantitative estimate of drug-likeness (QED) is 0.653. The Labute approximate surface area is 182 Å². The first kappa shape index (κ1) is 19.4. The normalized spacial score (nSPS) is 21.3. The zero-order valence-electron chi connectivity index (χ0n) is 15.6. The fourth-order valence-corrected chi connectivity index (χ4v) is 5.47. The van der Waals surface area contributed by atoms with Crippen LogP contribution in [0.4, 0.5) is 5.82 Å². The lowest BCUT2D eigenvalue weighted by Crippen LogP contribution is -2.49. The van der Waals surface area contributed by atoms with Crippen molar-refractivity contribution in [3.63, 3.8) is 0 Å². The highest BCUT2D eigenvalue weighted by atomic mass is 35.5. The fraction of sp³-hybridized carbons (Fsp3) is 0.421. The van der Waals surface area contributed by atoms with Gasteiger partial charge in [0.05, 0.1) is 29.5 Å². The molecule has 1 aromatic carbocycles. The van der Waals surface area contributed by atoms with Crippen LogP contribution >= 0.6 is 35.0 Å². The summed E-state index contributed by atoms with van der Waals surface area (Å²) in [7, 11) is 0. The molecule has 2 aliphatic rings. The van der Waals surface area contributed by atoms with E-state index in [4.69, 9.17) is 33.7 Å². The molecule has 0 saturated carbocycles. The molecule has 1 spiro atoms. The first-order valence-electron chi connectivity index (χ1n) is 9.46. The van der Waals surface area contributed by atoms with E-state index in [-0.39, 0.29) is 11.5 Å². The highest BCUT2D eigenvalue weighted by molar-refractivity contribution is 7.99. The highest BCUT2D eigenvalue weighted by Gasteiger charge is 2.44. The molecule has 5 rings (SSSR count). The largest absolute Gasteiger partial charge is 0.379 e. The molecule has 1 atom stereocenters. The van der Waals surface area contributed by atoms with Gasteiger partial charge in [0.1, 0.15) is 11.4 Å². The number of piperidine rings is 1. The monoisotopic (exact) mass is 450 g/mol. The van der Waals surface area contributed by atoms with Gasteiger partial charge >= 0.3 is 0 Å². The molecule has 0 aliphatic carbocycles. The van der Waals surface area contributed by atoms with Crippen LogP contribution in [0.1, 0.15) is 12.8 Å². The van der Waals surface area contributed by atoms with Crippen molar-refractivity contribution < 1.29 is 4.74 Å². The minimum absolute atomic E-state index is 0.102. The van der Waals surface area contributed by atoms with E-state index in [1.54, 1.807) is 12.4 Å². The van der Waals surface area contributed by atoms with Crippen LogP contribution in [0.3, 0.4) is 0 Å². The molecule has 2 aliphatic heterocycles. The van der Waals surface area contributed by atoms with Gasteiger partial charge in [0.25, 0.3) is 0 Å². The Kier molecular flexibility index (Phi) is 5.08. The van der Waals surface area contributed by atoms with Crippen molar-refractivity contribution >= 4 is 46.4 Å². The van der Waals surface area contributed by atoms with E-state index < -0.39 is 0 Å². The van der Waals surface area contributed by atoms with Crippen LogP contribution in [0.2, 0.25) is 10.0 Å². The molecule has 7 nitrogen and oxygen atoms in total. The molecule has 29 heavy (non-hydrogen) atoms. The van der Waals surface area contributed by atoms with Crippen molar-refractivity contribution in [2.45, 2.75) is 28.8 Å². The van der Waals surface area contributed by atoms with Gasteiger partial charge in [-0.2, -0.15) is 9.61 Å². The number of benzene rings is 1. The molecule has 2 saturated heterocycles. The van der Waals surface area contributed by atoms with Crippen LogP contribution in [0.25, 0.3) is 5.65 Å². The summed E-state index contributed by atoms with van der Waals surface area (Å²) in [5.74, 6) is 0.932. The molecule has 1 unspecified atom stereocenters. The molecule has 0 radical (unpaired) electrons. The predicted octanol–water partition coefficient (Wildman–Crippen LogP) is 3.53. The number of aromatic nitrogens is 4. The topological polar surface area (TPSA) is 81.6 Å². The van der Waals surface area contributed by atoms with Crippen molar-refractivity contribution in [2.24, 2.45) is 11.1 Å². The summed E-state index contributed by atoms with van der Waals surface area (Å²) >= 11 is 13.9. The van der Waals surface area contributed by atoms with Crippen LogP contribution in [-0.4, -0.2) is 51.9 Å². The number of hydrogen-bond acceptors (Lipinski definition) is 7. The van der Waals surface area contributed by atoms with E-state index in [1.807, 2.05) is 22.8 Å². The third-order valence-electron chi connectivity index (χ3n) is 5.93. The summed E-state index contributed by atoms with van der Waals surface area (Å²) < 4.78 is 7.48. The van der Waals surface area contributed by atoms with Crippen molar-refractivity contribution in [3.8, 4) is 0 Å². The second-order valence-electron chi connectivity index (χ2n) is 7.54. The van der Waals surface area contributed by atoms with Gasteiger partial charge in [0, 0.05) is 29.4 Å². The van der Waals surface area contributed by atoms with E-state index in [1.165, 1.54) is 11.8 Å². The predicted molar refractivity (Wildman–Crippen MR) is 114 cm³/mol. The molecular formula is C19H20Cl2N6OS. The minimum atomic E-state index is 0.102. The Morgan fingerprint density at radius 2 is 2.03 bits per heavy atom. The highest BCUT2D eigenvalue weighted by Crippen LogP contribution is 2.41. The molecule has 0 bridgehead atoms. The molecule has 2 fully saturated rings. The maximum atomic E-state index is 6.34. The summed E-state index contributed by atoms with van der Waals surface area (Å²) in [4.78, 5) is 12.2. The van der Waals surface area contributed by atoms with Gasteiger partial charge in [0.2, 0.25) is 0 Å². The van der Waals surface area contributed by atoms with Crippen LogP contribution in [-0.2, 0) is 4.74 Å². The molecule has 152 valence electrons. The number of ether oxygens (including phenoxy) is 1. The first-order chi connectivity index (χ1) is 14.1. The van der Waals surface area contributed by atoms with Crippen molar-refractivity contribution in [2.75, 3.05) is 31.2 Å². The van der Waals surface area contributed by atoms with Gasteiger partial charge in [-0.3, -0.25) is 0 Å². The van der Waals surface area contributed by atoms with Gasteiger partial charge in [-0.1, -0.05) is 41.0 Å². The molecule has 4 heterocycles. The molecule has 3 aromatic rings. The number of rotatable bonds is 3. The van der Waals surface area contributed by atoms with Gasteiger partial charge in [-0.25, -0.2) is 9.97 Å². The third kappa shape index (κ3) is 3.37. The van der Waals surface area contributed by atoms with Gasteiger partial charge in [-0.05, 0) is 25.0 Å². The van der Waals surface area contributed by atoms with Crippen molar-refractivity contribution in [1.82, 2.24) is 19.6 Å². The third-order valence-corrected chi connectivity index (χ3v) is 7.91. The van der Waals surface area contributed by atoms with Gasteiger partial charge < -0.3 is 15.4 Å². The summed E-state index contributed by atoms with van der Waals surface area (Å²) in [5, 5.41) is 6.20. The molecule has 0 amide bonds. The second-order valence-corrected chi connectivity index (χ2v) is 9.36. The van der Waals surface area contributed by atoms with Crippen LogP contribution in [0.5, 0.6) is 0 Å². The first-order valence-corrected chi connectivity index (χ1v) is 11.0. The molecule has 2 aromatic heterocycles. The summed E-state index contributed by atoms with van der Waals surface area (Å²) in [5.41, 5.74) is 7.11. The lowest BCUT2D eigenvalue weighted by atomic mass is 9.75. The number of nitrogens with two attached hydrogens (primary N) is 1. The smallest absolute Gasteiger partial charge is 0.190 e. The Balaban J connectivity index is 1.42. The molecule has 2 N–H and O–H groups in total.